The molecule has 1 N–H and O–H groups in total. The van der Waals surface area contributed by atoms with Gasteiger partial charge in [-0.1, -0.05) is 18.2 Å². The van der Waals surface area contributed by atoms with Gasteiger partial charge in [0, 0.05) is 6.42 Å². The topological polar surface area (TPSA) is 55.4 Å². The number of ether oxygens (including phenoxy) is 1. The van der Waals surface area contributed by atoms with Crippen molar-refractivity contribution in [2.75, 3.05) is 6.54 Å². The second-order valence-electron chi connectivity index (χ2n) is 9.11. The van der Waals surface area contributed by atoms with Crippen molar-refractivity contribution in [3.05, 3.63) is 59.2 Å². The molecule has 0 unspecified atom stereocenters. The van der Waals surface area contributed by atoms with Crippen molar-refractivity contribution in [1.29, 1.82) is 0 Å². The molecule has 0 radical (unpaired) electrons. The van der Waals surface area contributed by atoms with Gasteiger partial charge in [0.15, 0.2) is 0 Å². The van der Waals surface area contributed by atoms with E-state index in [0.29, 0.717) is 29.5 Å². The maximum atomic E-state index is 12.9. The molecule has 0 aliphatic carbocycles. The maximum Gasteiger partial charge on any atom is 0.416 e. The highest BCUT2D eigenvalue weighted by Gasteiger charge is 2.30. The van der Waals surface area contributed by atoms with Gasteiger partial charge in [-0.3, -0.25) is 4.79 Å². The highest BCUT2D eigenvalue weighted by atomic mass is 19.4. The lowest BCUT2D eigenvalue weighted by atomic mass is 9.95. The molecule has 0 amide bonds. The zero-order valence-corrected chi connectivity index (χ0v) is 18.5. The Morgan fingerprint density at radius 1 is 1.03 bits per heavy atom. The van der Waals surface area contributed by atoms with E-state index in [1.54, 1.807) is 32.9 Å². The van der Waals surface area contributed by atoms with Crippen LogP contribution in [0, 0.1) is 0 Å². The van der Waals surface area contributed by atoms with Crippen LogP contribution in [-0.4, -0.2) is 29.9 Å². The summed E-state index contributed by atoms with van der Waals surface area (Å²) >= 11 is 0. The summed E-state index contributed by atoms with van der Waals surface area (Å²) in [6.45, 7) is 6.12. The Balaban J connectivity index is 1.89. The minimum absolute atomic E-state index is 0.126. The summed E-state index contributed by atoms with van der Waals surface area (Å²) in [5.41, 5.74) is 0.788. The first-order valence-electron chi connectivity index (χ1n) is 10.7. The predicted octanol–water partition coefficient (Wildman–Crippen LogP) is 5.58. The standard InChI is InChI=1S/C25H28F3NO3/c1-24(2,3)32-23(31)19-14-16(6-11-22(30)21-5-4-12-29-21)13-18(15-19)17-7-9-20(10-8-17)25(26,27)28/h7-10,13-15,21,29H,4-6,11-12H2,1-3H3/t21-/m0/s1. The number of aryl methyl sites for hydroxylation is 1. The van der Waals surface area contributed by atoms with Gasteiger partial charge in [0.25, 0.3) is 0 Å². The molecule has 4 nitrogen and oxygen atoms in total. The van der Waals surface area contributed by atoms with Crippen molar-refractivity contribution < 1.29 is 27.5 Å². The molecule has 1 atom stereocenters. The molecule has 32 heavy (non-hydrogen) atoms. The molecule has 3 rings (SSSR count). The lowest BCUT2D eigenvalue weighted by Gasteiger charge is -2.20. The first-order chi connectivity index (χ1) is 14.9. The van der Waals surface area contributed by atoms with E-state index in [1.807, 2.05) is 6.07 Å². The minimum atomic E-state index is -4.42. The van der Waals surface area contributed by atoms with Crippen LogP contribution in [0.5, 0.6) is 0 Å². The van der Waals surface area contributed by atoms with Gasteiger partial charge in [0.05, 0.1) is 17.2 Å². The van der Waals surface area contributed by atoms with Gasteiger partial charge in [-0.25, -0.2) is 4.79 Å². The van der Waals surface area contributed by atoms with Crippen LogP contribution < -0.4 is 5.32 Å². The molecule has 1 fully saturated rings. The zero-order valence-electron chi connectivity index (χ0n) is 18.5. The largest absolute Gasteiger partial charge is 0.456 e. The summed E-state index contributed by atoms with van der Waals surface area (Å²) in [7, 11) is 0. The lowest BCUT2D eigenvalue weighted by molar-refractivity contribution is -0.137. The van der Waals surface area contributed by atoms with Gasteiger partial charge < -0.3 is 10.1 Å². The normalized spacial score (nSPS) is 16.8. The molecule has 0 aromatic heterocycles. The van der Waals surface area contributed by atoms with E-state index >= 15 is 0 Å². The SMILES string of the molecule is CC(C)(C)OC(=O)c1cc(CCC(=O)[C@@H]2CCCN2)cc(-c2ccc(C(F)(F)F)cc2)c1. The van der Waals surface area contributed by atoms with E-state index in [4.69, 9.17) is 4.74 Å². The maximum absolute atomic E-state index is 12.9. The van der Waals surface area contributed by atoms with E-state index in [-0.39, 0.29) is 11.8 Å². The van der Waals surface area contributed by atoms with E-state index < -0.39 is 23.3 Å². The van der Waals surface area contributed by atoms with Crippen molar-refractivity contribution in [3.63, 3.8) is 0 Å². The second-order valence-corrected chi connectivity index (χ2v) is 9.11. The summed E-state index contributed by atoms with van der Waals surface area (Å²) in [6, 6.07) is 9.79. The third-order valence-electron chi connectivity index (χ3n) is 5.28. The molecule has 7 heteroatoms. The fourth-order valence-corrected chi connectivity index (χ4v) is 3.71. The Bertz CT molecular complexity index is 969. The number of nitrogens with one attached hydrogen (secondary N) is 1. The molecule has 0 spiro atoms. The van der Waals surface area contributed by atoms with Crippen LogP contribution in [0.4, 0.5) is 13.2 Å². The number of Topliss-reactive ketones (excluding diaryl/α,β-unsaturated/α-hetero) is 1. The molecule has 1 heterocycles. The molecule has 172 valence electrons. The van der Waals surface area contributed by atoms with Gasteiger partial charge in [-0.2, -0.15) is 13.2 Å². The Morgan fingerprint density at radius 2 is 1.72 bits per heavy atom. The summed E-state index contributed by atoms with van der Waals surface area (Å²) in [5.74, 6) is -0.391. The second kappa shape index (κ2) is 9.45. The van der Waals surface area contributed by atoms with Crippen LogP contribution in [0.15, 0.2) is 42.5 Å². The molecule has 0 bridgehead atoms. The van der Waals surface area contributed by atoms with Crippen molar-refractivity contribution in [1.82, 2.24) is 5.32 Å². The number of hydrogen-bond donors (Lipinski definition) is 1. The smallest absolute Gasteiger partial charge is 0.416 e. The number of alkyl halides is 3. The quantitative estimate of drug-likeness (QED) is 0.588. The van der Waals surface area contributed by atoms with E-state index in [1.165, 1.54) is 12.1 Å². The first-order valence-corrected chi connectivity index (χ1v) is 10.7. The van der Waals surface area contributed by atoms with Crippen LogP contribution in [0.3, 0.4) is 0 Å². The molecular formula is C25H28F3NO3. The molecular weight excluding hydrogens is 419 g/mol. The third-order valence-corrected chi connectivity index (χ3v) is 5.28. The summed E-state index contributed by atoms with van der Waals surface area (Å²) in [6.07, 6.45) is -1.87. The van der Waals surface area contributed by atoms with Gasteiger partial charge in [-0.15, -0.1) is 0 Å². The Kier molecular flexibility index (Phi) is 7.08. The van der Waals surface area contributed by atoms with Gasteiger partial charge in [0.1, 0.15) is 11.4 Å². The number of rotatable bonds is 6. The van der Waals surface area contributed by atoms with E-state index in [9.17, 15) is 22.8 Å². The van der Waals surface area contributed by atoms with Crippen LogP contribution >= 0.6 is 0 Å². The van der Waals surface area contributed by atoms with Crippen LogP contribution in [-0.2, 0) is 22.1 Å². The van der Waals surface area contributed by atoms with Crippen molar-refractivity contribution in [3.8, 4) is 11.1 Å². The van der Waals surface area contributed by atoms with E-state index in [2.05, 4.69) is 5.32 Å². The zero-order chi connectivity index (χ0) is 23.5. The number of hydrogen-bond acceptors (Lipinski definition) is 4. The Morgan fingerprint density at radius 3 is 2.28 bits per heavy atom. The average Bonchev–Trinajstić information content (AvgIpc) is 3.25. The van der Waals surface area contributed by atoms with Crippen LogP contribution in [0.2, 0.25) is 0 Å². The summed E-state index contributed by atoms with van der Waals surface area (Å²) in [5, 5.41) is 3.19. The number of halogens is 3. The molecule has 2 aromatic rings. The monoisotopic (exact) mass is 447 g/mol. The van der Waals surface area contributed by atoms with Crippen LogP contribution in [0.1, 0.15) is 61.5 Å². The first kappa shape index (κ1) is 24.0. The predicted molar refractivity (Wildman–Crippen MR) is 116 cm³/mol. The van der Waals surface area contributed by atoms with Gasteiger partial charge >= 0.3 is 12.1 Å². The minimum Gasteiger partial charge on any atom is -0.456 e. The highest BCUT2D eigenvalue weighted by Crippen LogP contribution is 2.32. The number of esters is 1. The van der Waals surface area contributed by atoms with Gasteiger partial charge in [-0.05, 0) is 87.5 Å². The van der Waals surface area contributed by atoms with Crippen LogP contribution in [0.25, 0.3) is 11.1 Å². The molecule has 1 aliphatic rings. The fourth-order valence-electron chi connectivity index (χ4n) is 3.71. The fraction of sp³-hybridized carbons (Fsp3) is 0.440. The molecule has 0 saturated carbocycles. The Labute approximate surface area is 186 Å². The third kappa shape index (κ3) is 6.42. The molecule has 1 aliphatic heterocycles. The Hall–Kier alpha value is -2.67. The number of carbonyl (C=O) groups excluding carboxylic acids is 2. The summed E-state index contributed by atoms with van der Waals surface area (Å²) in [4.78, 5) is 25.1. The van der Waals surface area contributed by atoms with Crippen molar-refractivity contribution in [2.24, 2.45) is 0 Å². The van der Waals surface area contributed by atoms with Crippen molar-refractivity contribution >= 4 is 11.8 Å². The van der Waals surface area contributed by atoms with Gasteiger partial charge in [0.2, 0.25) is 0 Å². The summed E-state index contributed by atoms with van der Waals surface area (Å²) < 4.78 is 44.2. The van der Waals surface area contributed by atoms with E-state index in [0.717, 1.165) is 37.1 Å². The number of benzene rings is 2. The molecule has 1 saturated heterocycles. The molecule has 2 aromatic carbocycles. The van der Waals surface area contributed by atoms with Crippen molar-refractivity contribution in [2.45, 2.75) is 64.3 Å². The number of carbonyl (C=O) groups is 2. The number of ketones is 1. The lowest BCUT2D eigenvalue weighted by Crippen LogP contribution is -2.30. The highest BCUT2D eigenvalue weighted by molar-refractivity contribution is 5.92. The average molecular weight is 447 g/mol.